The highest BCUT2D eigenvalue weighted by molar-refractivity contribution is 5.71. The first-order chi connectivity index (χ1) is 9.22. The molecule has 2 bridgehead atoms. The molecule has 0 amide bonds. The Labute approximate surface area is 110 Å². The second-order valence-electron chi connectivity index (χ2n) is 5.97. The summed E-state index contributed by atoms with van der Waals surface area (Å²) in [5.74, 6) is 1.07. The third-order valence-corrected chi connectivity index (χ3v) is 4.73. The lowest BCUT2D eigenvalue weighted by molar-refractivity contribution is -0.142. The molecule has 0 aromatic carbocycles. The Balaban J connectivity index is 1.48. The maximum Gasteiger partial charge on any atom is 0.308 e. The van der Waals surface area contributed by atoms with E-state index in [1.54, 1.807) is 0 Å². The van der Waals surface area contributed by atoms with Crippen LogP contribution in [0.15, 0.2) is 4.52 Å². The second-order valence-corrected chi connectivity index (χ2v) is 5.97. The molecule has 3 atom stereocenters. The first-order valence-electron chi connectivity index (χ1n) is 7.03. The van der Waals surface area contributed by atoms with Gasteiger partial charge in [-0.05, 0) is 32.1 Å². The molecule has 1 saturated carbocycles. The molecular formula is C13H17N3O3. The van der Waals surface area contributed by atoms with E-state index in [-0.39, 0.29) is 12.0 Å². The summed E-state index contributed by atoms with van der Waals surface area (Å²) >= 11 is 0. The van der Waals surface area contributed by atoms with Gasteiger partial charge in [0.05, 0.1) is 12.5 Å². The van der Waals surface area contributed by atoms with Gasteiger partial charge in [0.15, 0.2) is 5.82 Å². The average molecular weight is 263 g/mol. The molecular weight excluding hydrogens is 246 g/mol. The molecule has 6 heteroatoms. The summed E-state index contributed by atoms with van der Waals surface area (Å²) in [4.78, 5) is 17.9. The molecule has 3 heterocycles. The minimum atomic E-state index is -0.663. The number of aromatic nitrogens is 2. The molecule has 1 aromatic heterocycles. The molecule has 4 rings (SSSR count). The number of rotatable bonds is 4. The van der Waals surface area contributed by atoms with Gasteiger partial charge < -0.3 is 9.63 Å². The normalized spacial score (nSPS) is 34.0. The van der Waals surface area contributed by atoms with E-state index in [0.29, 0.717) is 24.3 Å². The van der Waals surface area contributed by atoms with Gasteiger partial charge in [0, 0.05) is 18.0 Å². The zero-order valence-corrected chi connectivity index (χ0v) is 10.7. The van der Waals surface area contributed by atoms with Crippen molar-refractivity contribution in [2.75, 3.05) is 0 Å². The van der Waals surface area contributed by atoms with Crippen LogP contribution in [0.3, 0.4) is 0 Å². The number of fused-ring (bicyclic) bond motifs is 2. The van der Waals surface area contributed by atoms with Crippen molar-refractivity contribution in [3.05, 3.63) is 11.7 Å². The van der Waals surface area contributed by atoms with E-state index in [1.165, 1.54) is 0 Å². The monoisotopic (exact) mass is 263 g/mol. The van der Waals surface area contributed by atoms with Crippen molar-refractivity contribution < 1.29 is 14.4 Å². The topological polar surface area (TPSA) is 79.5 Å². The summed E-state index contributed by atoms with van der Waals surface area (Å²) in [6.07, 6.45) is 5.15. The van der Waals surface area contributed by atoms with Gasteiger partial charge in [-0.15, -0.1) is 0 Å². The summed E-state index contributed by atoms with van der Waals surface area (Å²) in [5, 5.41) is 13.3. The number of nitrogens with zero attached hydrogens (tertiary/aromatic N) is 3. The van der Waals surface area contributed by atoms with Gasteiger partial charge in [-0.2, -0.15) is 4.98 Å². The Bertz CT molecular complexity index is 511. The van der Waals surface area contributed by atoms with Gasteiger partial charge in [0.1, 0.15) is 0 Å². The maximum absolute atomic E-state index is 11.2. The number of carboxylic acid groups (broad SMARTS) is 1. The third-order valence-electron chi connectivity index (χ3n) is 4.73. The van der Waals surface area contributed by atoms with Crippen molar-refractivity contribution in [2.24, 2.45) is 5.92 Å². The number of carbonyl (C=O) groups is 1. The lowest BCUT2D eigenvalue weighted by Gasteiger charge is -2.20. The first kappa shape index (κ1) is 11.4. The molecule has 6 nitrogen and oxygen atoms in total. The molecule has 0 spiro atoms. The van der Waals surface area contributed by atoms with Crippen LogP contribution in [0.5, 0.6) is 0 Å². The largest absolute Gasteiger partial charge is 0.481 e. The third kappa shape index (κ3) is 1.85. The maximum atomic E-state index is 11.2. The summed E-state index contributed by atoms with van der Waals surface area (Å²) in [7, 11) is 0. The van der Waals surface area contributed by atoms with E-state index in [2.05, 4.69) is 15.0 Å². The summed E-state index contributed by atoms with van der Waals surface area (Å²) in [5.41, 5.74) is 0. The van der Waals surface area contributed by atoms with Gasteiger partial charge in [-0.3, -0.25) is 9.69 Å². The lowest BCUT2D eigenvalue weighted by atomic mass is 9.89. The Morgan fingerprint density at radius 2 is 2.21 bits per heavy atom. The van der Waals surface area contributed by atoms with Crippen molar-refractivity contribution in [3.63, 3.8) is 0 Å². The molecule has 3 unspecified atom stereocenters. The highest BCUT2D eigenvalue weighted by atomic mass is 16.5. The van der Waals surface area contributed by atoms with Crippen molar-refractivity contribution in [1.82, 2.24) is 15.0 Å². The van der Waals surface area contributed by atoms with E-state index in [0.717, 1.165) is 38.0 Å². The van der Waals surface area contributed by atoms with E-state index in [1.807, 2.05) is 0 Å². The fourth-order valence-electron chi connectivity index (χ4n) is 3.60. The predicted octanol–water partition coefficient (Wildman–Crippen LogP) is 1.38. The van der Waals surface area contributed by atoms with Crippen LogP contribution in [0.2, 0.25) is 0 Å². The molecule has 2 saturated heterocycles. The zero-order chi connectivity index (χ0) is 13.0. The Morgan fingerprint density at radius 3 is 2.89 bits per heavy atom. The minimum absolute atomic E-state index is 0.158. The molecule has 1 aliphatic carbocycles. The number of hydrogen-bond donors (Lipinski definition) is 1. The highest BCUT2D eigenvalue weighted by Crippen LogP contribution is 2.43. The molecule has 19 heavy (non-hydrogen) atoms. The van der Waals surface area contributed by atoms with E-state index in [4.69, 9.17) is 4.52 Å². The van der Waals surface area contributed by atoms with Gasteiger partial charge in [0.2, 0.25) is 5.89 Å². The van der Waals surface area contributed by atoms with Crippen LogP contribution in [0.25, 0.3) is 0 Å². The van der Waals surface area contributed by atoms with Crippen LogP contribution in [0.4, 0.5) is 0 Å². The van der Waals surface area contributed by atoms with Gasteiger partial charge in [0.25, 0.3) is 0 Å². The van der Waals surface area contributed by atoms with Gasteiger partial charge >= 0.3 is 5.97 Å². The van der Waals surface area contributed by atoms with E-state index in [9.17, 15) is 9.90 Å². The molecule has 3 aliphatic rings. The van der Waals surface area contributed by atoms with Crippen LogP contribution >= 0.6 is 0 Å². The van der Waals surface area contributed by atoms with E-state index < -0.39 is 5.97 Å². The van der Waals surface area contributed by atoms with Crippen LogP contribution in [-0.4, -0.2) is 38.2 Å². The fourth-order valence-corrected chi connectivity index (χ4v) is 3.60. The van der Waals surface area contributed by atoms with Crippen molar-refractivity contribution >= 4 is 5.97 Å². The molecule has 3 fully saturated rings. The lowest BCUT2D eigenvalue weighted by Crippen LogP contribution is -2.32. The SMILES string of the molecule is O=C(O)C1CC2CCC1N2Cc1noc(C2CC2)n1. The molecule has 2 aliphatic heterocycles. The fraction of sp³-hybridized carbons (Fsp3) is 0.769. The van der Waals surface area contributed by atoms with Gasteiger partial charge in [-0.1, -0.05) is 5.16 Å². The molecule has 1 aromatic rings. The number of hydrogen-bond acceptors (Lipinski definition) is 5. The quantitative estimate of drug-likeness (QED) is 0.884. The minimum Gasteiger partial charge on any atom is -0.481 e. The van der Waals surface area contributed by atoms with Crippen molar-refractivity contribution in [2.45, 2.75) is 56.7 Å². The first-order valence-corrected chi connectivity index (χ1v) is 7.03. The van der Waals surface area contributed by atoms with Crippen LogP contribution < -0.4 is 0 Å². The van der Waals surface area contributed by atoms with Crippen LogP contribution in [0.1, 0.15) is 49.7 Å². The van der Waals surface area contributed by atoms with Crippen LogP contribution in [-0.2, 0) is 11.3 Å². The Kier molecular flexibility index (Phi) is 2.42. The van der Waals surface area contributed by atoms with Crippen molar-refractivity contribution in [3.8, 4) is 0 Å². The Hall–Kier alpha value is -1.43. The highest BCUT2D eigenvalue weighted by Gasteiger charge is 2.49. The standard InChI is InChI=1S/C13H17N3O3/c17-13(18)9-5-8-3-4-10(9)16(8)6-11-14-12(19-15-11)7-1-2-7/h7-10H,1-6H2,(H,17,18). The average Bonchev–Trinajstić information content (AvgIpc) is 2.91. The van der Waals surface area contributed by atoms with Crippen molar-refractivity contribution in [1.29, 1.82) is 0 Å². The smallest absolute Gasteiger partial charge is 0.308 e. The number of carboxylic acids is 1. The predicted molar refractivity (Wildman–Crippen MR) is 64.4 cm³/mol. The molecule has 0 radical (unpaired) electrons. The number of aliphatic carboxylic acids is 1. The van der Waals surface area contributed by atoms with E-state index >= 15 is 0 Å². The second kappa shape index (κ2) is 4.03. The Morgan fingerprint density at radius 1 is 1.37 bits per heavy atom. The van der Waals surface area contributed by atoms with Gasteiger partial charge in [-0.25, -0.2) is 0 Å². The summed E-state index contributed by atoms with van der Waals surface area (Å²) < 4.78 is 5.26. The summed E-state index contributed by atoms with van der Waals surface area (Å²) in [6, 6.07) is 0.541. The summed E-state index contributed by atoms with van der Waals surface area (Å²) in [6.45, 7) is 0.634. The van der Waals surface area contributed by atoms with Crippen LogP contribution in [0, 0.1) is 5.92 Å². The molecule has 1 N–H and O–H groups in total. The zero-order valence-electron chi connectivity index (χ0n) is 10.7. The molecule has 102 valence electrons.